The third-order valence-corrected chi connectivity index (χ3v) is 22.5. The highest BCUT2D eigenvalue weighted by Crippen LogP contribution is 2.46. The van der Waals surface area contributed by atoms with Gasteiger partial charge in [-0.1, -0.05) is 182 Å². The second kappa shape index (κ2) is 22.1. The fourth-order valence-corrected chi connectivity index (χ4v) is 17.6. The van der Waals surface area contributed by atoms with Crippen molar-refractivity contribution in [3.8, 4) is 90.8 Å². The number of thiophene rings is 2. The number of nitrogens with zero attached hydrogens (tertiary/aromatic N) is 8. The van der Waals surface area contributed by atoms with Crippen molar-refractivity contribution in [2.24, 2.45) is 0 Å². The molecule has 22 rings (SSSR count). The van der Waals surface area contributed by atoms with Crippen LogP contribution in [0.2, 0.25) is 0 Å². The van der Waals surface area contributed by atoms with Gasteiger partial charge in [0.1, 0.15) is 22.3 Å². The van der Waals surface area contributed by atoms with Crippen LogP contribution >= 0.6 is 22.7 Å². The van der Waals surface area contributed by atoms with Gasteiger partial charge in [0.25, 0.3) is 0 Å². The number of aromatic nitrogens is 8. The first kappa shape index (κ1) is 56.7. The molecular weight excluding hydrogens is 1290 g/mol. The first-order valence-electron chi connectivity index (χ1n) is 33.9. The van der Waals surface area contributed by atoms with E-state index in [1.54, 1.807) is 22.7 Å². The summed E-state index contributed by atoms with van der Waals surface area (Å²) >= 11 is 3.60. The number of hydrogen-bond acceptors (Lipinski definition) is 10. The summed E-state index contributed by atoms with van der Waals surface area (Å²) in [7, 11) is 0. The van der Waals surface area contributed by atoms with Gasteiger partial charge in [-0.2, -0.15) is 0 Å². The summed E-state index contributed by atoms with van der Waals surface area (Å²) < 4.78 is 23.2. The summed E-state index contributed by atoms with van der Waals surface area (Å²) in [5.74, 6) is 3.54. The Hall–Kier alpha value is -13.3. The first-order valence-corrected chi connectivity index (χ1v) is 35.6. The van der Waals surface area contributed by atoms with E-state index in [1.165, 1.54) is 62.2 Å². The van der Waals surface area contributed by atoms with Crippen molar-refractivity contribution in [1.82, 2.24) is 39.0 Å². The van der Waals surface area contributed by atoms with Gasteiger partial charge in [-0.05, 0) is 132 Å². The third-order valence-electron chi connectivity index (χ3n) is 20.2. The molecule has 474 valence electrons. The van der Waals surface area contributed by atoms with Crippen LogP contribution in [0.15, 0.2) is 312 Å². The molecule has 0 N–H and O–H groups in total. The summed E-state index contributed by atoms with van der Waals surface area (Å²) in [6.07, 6.45) is 0. The number of benzene rings is 14. The molecule has 0 fully saturated rings. The van der Waals surface area contributed by atoms with Crippen molar-refractivity contribution in [2.75, 3.05) is 0 Å². The normalized spacial score (nSPS) is 12.1. The zero-order chi connectivity index (χ0) is 66.7. The van der Waals surface area contributed by atoms with Crippen molar-refractivity contribution in [1.29, 1.82) is 0 Å². The van der Waals surface area contributed by atoms with E-state index in [4.69, 9.17) is 38.7 Å². The zero-order valence-electron chi connectivity index (χ0n) is 54.1. The molecule has 0 aliphatic heterocycles. The topological polar surface area (TPSA) is 113 Å². The van der Waals surface area contributed by atoms with Crippen molar-refractivity contribution in [2.45, 2.75) is 0 Å². The zero-order valence-corrected chi connectivity index (χ0v) is 55.7. The molecule has 22 aromatic rings. The summed E-state index contributed by atoms with van der Waals surface area (Å²) in [5, 5.41) is 13.8. The highest BCUT2D eigenvalue weighted by molar-refractivity contribution is 7.26. The largest absolute Gasteiger partial charge is 0.456 e. The van der Waals surface area contributed by atoms with Crippen LogP contribution in [-0.4, -0.2) is 39.0 Å². The molecule has 0 saturated heterocycles. The maximum atomic E-state index is 6.79. The molecule has 0 aliphatic carbocycles. The average molecular weight is 1340 g/mol. The van der Waals surface area contributed by atoms with Gasteiger partial charge in [0.15, 0.2) is 34.9 Å². The smallest absolute Gasteiger partial charge is 0.164 e. The van der Waals surface area contributed by atoms with Crippen LogP contribution in [0.1, 0.15) is 0 Å². The van der Waals surface area contributed by atoms with E-state index < -0.39 is 0 Å². The molecule has 8 heterocycles. The molecule has 0 spiro atoms. The van der Waals surface area contributed by atoms with Gasteiger partial charge in [0.2, 0.25) is 0 Å². The molecule has 14 aromatic carbocycles. The Kier molecular flexibility index (Phi) is 12.3. The molecule has 0 aliphatic rings. The lowest BCUT2D eigenvalue weighted by molar-refractivity contribution is 0.669. The minimum atomic E-state index is 0.560. The Labute approximate surface area is 588 Å². The summed E-state index contributed by atoms with van der Waals surface area (Å²) in [5.41, 5.74) is 17.5. The minimum absolute atomic E-state index is 0.560. The van der Waals surface area contributed by atoms with E-state index in [2.05, 4.69) is 221 Å². The van der Waals surface area contributed by atoms with Crippen LogP contribution < -0.4 is 0 Å². The van der Waals surface area contributed by atoms with Crippen LogP contribution in [-0.2, 0) is 0 Å². The van der Waals surface area contributed by atoms with Gasteiger partial charge in [0.05, 0.1) is 22.1 Å². The number of para-hydroxylation sites is 3. The molecule has 102 heavy (non-hydrogen) atoms. The van der Waals surface area contributed by atoms with Gasteiger partial charge in [0, 0.05) is 128 Å². The lowest BCUT2D eigenvalue weighted by Crippen LogP contribution is -2.00. The fraction of sp³-hybridized carbons (Fsp3) is 0. The van der Waals surface area contributed by atoms with Gasteiger partial charge < -0.3 is 18.0 Å². The predicted molar refractivity (Wildman–Crippen MR) is 420 cm³/mol. The number of fused-ring (bicyclic) bond motifs is 18. The highest BCUT2D eigenvalue weighted by atomic mass is 32.1. The van der Waals surface area contributed by atoms with Gasteiger partial charge in [-0.15, -0.1) is 22.7 Å². The Balaban J connectivity index is 0.599. The second-order valence-electron chi connectivity index (χ2n) is 26.1. The lowest BCUT2D eigenvalue weighted by Gasteiger charge is -2.10. The van der Waals surface area contributed by atoms with Gasteiger partial charge in [-0.3, -0.25) is 0 Å². The van der Waals surface area contributed by atoms with Crippen molar-refractivity contribution >= 4 is 151 Å². The molecule has 0 unspecified atom stereocenters. The van der Waals surface area contributed by atoms with Crippen molar-refractivity contribution < 1.29 is 8.83 Å². The molecule has 0 amide bonds. The van der Waals surface area contributed by atoms with Crippen LogP contribution in [0, 0.1) is 0 Å². The van der Waals surface area contributed by atoms with E-state index >= 15 is 0 Å². The standard InChI is InChI=1S/C90H50N8O2S2/c1-4-17-51(18-5-1)85-91-86(52-19-6-2-7-20-52)94-89(93-85)57-32-37-65-68-49-83-72(48-79(68)99-78(65)44-57)70-46-60(35-40-82(70)101-83)98-75-30-15-12-27-63(75)66-42-55(33-38-76(66)98)54-23-16-24-56(41-54)88-92-87(53-21-8-3-9-22-53)95-90(96-88)58-31-36-64-67-47-71-69-45-59(34-39-81(69)102-84(71)50-80(67)100-77(64)43-58)97-73-28-13-10-25-61(73)62-26-11-14-29-74(62)97/h1-50H. The van der Waals surface area contributed by atoms with E-state index in [9.17, 15) is 0 Å². The Morgan fingerprint density at radius 2 is 0.559 bits per heavy atom. The molecule has 0 bridgehead atoms. The average Bonchev–Trinajstić information content (AvgIpc) is 1.59. The molecule has 0 saturated carbocycles. The molecule has 10 nitrogen and oxygen atoms in total. The molecule has 12 heteroatoms. The van der Waals surface area contributed by atoms with Crippen LogP contribution in [0.4, 0.5) is 0 Å². The Morgan fingerprint density at radius 1 is 0.196 bits per heavy atom. The van der Waals surface area contributed by atoms with Crippen molar-refractivity contribution in [3.63, 3.8) is 0 Å². The minimum Gasteiger partial charge on any atom is -0.456 e. The van der Waals surface area contributed by atoms with E-state index in [-0.39, 0.29) is 0 Å². The van der Waals surface area contributed by atoms with Crippen LogP contribution in [0.3, 0.4) is 0 Å². The van der Waals surface area contributed by atoms with E-state index in [1.807, 2.05) is 91.0 Å². The SMILES string of the molecule is c1ccc(-c2nc(-c3ccccc3)nc(-c3ccc4c(c3)oc3cc5c(cc34)sc3ccc(-n4c6ccccc6c6cc(-c7cccc(-c8nc(-c9ccccc9)nc(-c9ccc%10c(c9)oc9cc%11sc%12ccc(-n%13c%14ccccc%14c%14ccccc%14%13)cc%12c%11cc9%10)n8)c7)ccc64)cc35)n2)cc1. The molecule has 0 atom stereocenters. The summed E-state index contributed by atoms with van der Waals surface area (Å²) in [6.45, 7) is 0. The highest BCUT2D eigenvalue weighted by Gasteiger charge is 2.23. The molecular formula is C90H50N8O2S2. The van der Waals surface area contributed by atoms with Gasteiger partial charge in [-0.25, -0.2) is 29.9 Å². The van der Waals surface area contributed by atoms with Crippen LogP contribution in [0.5, 0.6) is 0 Å². The summed E-state index contributed by atoms with van der Waals surface area (Å²) in [6, 6.07) is 107. The number of hydrogen-bond donors (Lipinski definition) is 0. The second-order valence-corrected chi connectivity index (χ2v) is 28.3. The first-order chi connectivity index (χ1) is 50.5. The third kappa shape index (κ3) is 8.96. The molecule has 8 aromatic heterocycles. The summed E-state index contributed by atoms with van der Waals surface area (Å²) in [4.78, 5) is 30.6. The van der Waals surface area contributed by atoms with Gasteiger partial charge >= 0.3 is 0 Å². The Morgan fingerprint density at radius 3 is 1.08 bits per heavy atom. The van der Waals surface area contributed by atoms with Crippen LogP contribution in [0.25, 0.3) is 219 Å². The monoisotopic (exact) mass is 1340 g/mol. The maximum absolute atomic E-state index is 6.79. The number of furan rings is 2. The predicted octanol–water partition coefficient (Wildman–Crippen LogP) is 24.5. The maximum Gasteiger partial charge on any atom is 0.164 e. The Bertz CT molecular complexity index is 7160. The van der Waals surface area contributed by atoms with E-state index in [0.717, 1.165) is 122 Å². The van der Waals surface area contributed by atoms with Crippen molar-refractivity contribution in [3.05, 3.63) is 303 Å². The number of rotatable bonds is 9. The fourth-order valence-electron chi connectivity index (χ4n) is 15.4. The van der Waals surface area contributed by atoms with E-state index in [0.29, 0.717) is 34.9 Å². The molecule has 0 radical (unpaired) electrons. The quantitative estimate of drug-likeness (QED) is 0.140. The lowest BCUT2D eigenvalue weighted by atomic mass is 10.0.